The molecule has 0 fully saturated rings. The fourth-order valence-electron chi connectivity index (χ4n) is 0.895. The SMILES string of the molecule is O=C1C=CC=CC1C(=O)C(Br)Br. The van der Waals surface area contributed by atoms with Crippen molar-refractivity contribution in [2.45, 2.75) is 3.74 Å². The van der Waals surface area contributed by atoms with E-state index in [1.807, 2.05) is 0 Å². The van der Waals surface area contributed by atoms with E-state index in [1.165, 1.54) is 6.08 Å². The lowest BCUT2D eigenvalue weighted by atomic mass is 9.96. The van der Waals surface area contributed by atoms with Gasteiger partial charge in [0.2, 0.25) is 0 Å². The topological polar surface area (TPSA) is 34.1 Å². The van der Waals surface area contributed by atoms with E-state index < -0.39 is 9.65 Å². The molecule has 0 bridgehead atoms. The van der Waals surface area contributed by atoms with Crippen molar-refractivity contribution in [3.63, 3.8) is 0 Å². The zero-order chi connectivity index (χ0) is 9.14. The highest BCUT2D eigenvalue weighted by Gasteiger charge is 2.26. The number of carbonyl (C=O) groups excluding carboxylic acids is 2. The Hall–Kier alpha value is -0.220. The van der Waals surface area contributed by atoms with Crippen LogP contribution >= 0.6 is 31.9 Å². The summed E-state index contributed by atoms with van der Waals surface area (Å²) in [5.74, 6) is -0.953. The molecular formula is C8H6Br2O2. The monoisotopic (exact) mass is 292 g/mol. The van der Waals surface area contributed by atoms with Gasteiger partial charge in [0.15, 0.2) is 11.6 Å². The van der Waals surface area contributed by atoms with Crippen LogP contribution in [0.15, 0.2) is 24.3 Å². The Bertz CT molecular complexity index is 266. The van der Waals surface area contributed by atoms with Gasteiger partial charge in [-0.05, 0) is 6.08 Å². The maximum atomic E-state index is 11.3. The van der Waals surface area contributed by atoms with Gasteiger partial charge >= 0.3 is 0 Å². The average molecular weight is 294 g/mol. The van der Waals surface area contributed by atoms with Crippen molar-refractivity contribution >= 4 is 43.4 Å². The minimum atomic E-state index is -0.626. The lowest BCUT2D eigenvalue weighted by Crippen LogP contribution is -2.25. The Morgan fingerprint density at radius 2 is 2.08 bits per heavy atom. The van der Waals surface area contributed by atoms with Crippen LogP contribution in [-0.2, 0) is 9.59 Å². The molecule has 1 rings (SSSR count). The summed E-state index contributed by atoms with van der Waals surface area (Å²) < 4.78 is -0.449. The standard InChI is InChI=1S/C8H6Br2O2/c9-8(10)7(12)5-3-1-2-4-6(5)11/h1-5,8H. The van der Waals surface area contributed by atoms with Gasteiger partial charge in [-0.3, -0.25) is 9.59 Å². The quantitative estimate of drug-likeness (QED) is 0.576. The number of alkyl halides is 2. The van der Waals surface area contributed by atoms with Crippen LogP contribution < -0.4 is 0 Å². The molecule has 1 atom stereocenters. The second kappa shape index (κ2) is 4.14. The summed E-state index contributed by atoms with van der Waals surface area (Å²) in [6, 6.07) is 0. The van der Waals surface area contributed by atoms with Gasteiger partial charge in [-0.25, -0.2) is 0 Å². The summed E-state index contributed by atoms with van der Waals surface area (Å²) in [5.41, 5.74) is 0. The molecule has 1 unspecified atom stereocenters. The highest BCUT2D eigenvalue weighted by molar-refractivity contribution is 9.25. The Labute approximate surface area is 87.0 Å². The van der Waals surface area contributed by atoms with Gasteiger partial charge in [0.25, 0.3) is 0 Å². The van der Waals surface area contributed by atoms with Gasteiger partial charge in [-0.1, -0.05) is 50.1 Å². The predicted octanol–water partition coefficient (Wildman–Crippen LogP) is 1.98. The van der Waals surface area contributed by atoms with Gasteiger partial charge in [0, 0.05) is 0 Å². The highest BCUT2D eigenvalue weighted by atomic mass is 79.9. The molecule has 4 heteroatoms. The first-order chi connectivity index (χ1) is 5.63. The summed E-state index contributed by atoms with van der Waals surface area (Å²) in [6.07, 6.45) is 6.33. The summed E-state index contributed by atoms with van der Waals surface area (Å²) in [4.78, 5) is 22.4. The Morgan fingerprint density at radius 3 is 2.58 bits per heavy atom. The highest BCUT2D eigenvalue weighted by Crippen LogP contribution is 2.18. The number of halogens is 2. The molecule has 2 nitrogen and oxygen atoms in total. The third-order valence-electron chi connectivity index (χ3n) is 1.50. The summed E-state index contributed by atoms with van der Waals surface area (Å²) in [6.45, 7) is 0. The van der Waals surface area contributed by atoms with Crippen molar-refractivity contribution in [2.24, 2.45) is 5.92 Å². The number of Topliss-reactive ketones (excluding diaryl/α,β-unsaturated/α-hetero) is 1. The van der Waals surface area contributed by atoms with Crippen LogP contribution in [-0.4, -0.2) is 15.3 Å². The first kappa shape index (κ1) is 9.86. The van der Waals surface area contributed by atoms with Crippen LogP contribution in [0.3, 0.4) is 0 Å². The van der Waals surface area contributed by atoms with E-state index in [1.54, 1.807) is 18.2 Å². The zero-order valence-corrected chi connectivity index (χ0v) is 9.21. The molecule has 0 aromatic heterocycles. The van der Waals surface area contributed by atoms with E-state index in [-0.39, 0.29) is 11.6 Å². The third-order valence-corrected chi connectivity index (χ3v) is 2.41. The maximum Gasteiger partial charge on any atom is 0.171 e. The molecule has 0 N–H and O–H groups in total. The molecule has 0 saturated heterocycles. The number of hydrogen-bond acceptors (Lipinski definition) is 2. The van der Waals surface area contributed by atoms with Gasteiger partial charge < -0.3 is 0 Å². The second-order valence-electron chi connectivity index (χ2n) is 2.33. The molecule has 0 aromatic rings. The number of rotatable bonds is 2. The molecular weight excluding hydrogens is 288 g/mol. The number of ketones is 2. The molecule has 0 amide bonds. The summed E-state index contributed by atoms with van der Waals surface area (Å²) in [7, 11) is 0. The molecule has 64 valence electrons. The molecule has 0 heterocycles. The van der Waals surface area contributed by atoms with Crippen LogP contribution in [0.5, 0.6) is 0 Å². The molecule has 1 aliphatic rings. The first-order valence-corrected chi connectivity index (χ1v) is 5.16. The van der Waals surface area contributed by atoms with E-state index in [9.17, 15) is 9.59 Å². The van der Waals surface area contributed by atoms with Crippen molar-refractivity contribution in [3.05, 3.63) is 24.3 Å². The number of allylic oxidation sites excluding steroid dienone is 4. The molecule has 0 saturated carbocycles. The lowest BCUT2D eigenvalue weighted by Gasteiger charge is -2.10. The van der Waals surface area contributed by atoms with Gasteiger partial charge in [0.1, 0.15) is 9.65 Å². The molecule has 0 spiro atoms. The van der Waals surface area contributed by atoms with Crippen molar-refractivity contribution in [2.75, 3.05) is 0 Å². The van der Waals surface area contributed by atoms with Crippen molar-refractivity contribution in [1.29, 1.82) is 0 Å². The van der Waals surface area contributed by atoms with Gasteiger partial charge in [-0.2, -0.15) is 0 Å². The average Bonchev–Trinajstić information content (AvgIpc) is 2.04. The lowest BCUT2D eigenvalue weighted by molar-refractivity contribution is -0.127. The van der Waals surface area contributed by atoms with E-state index in [2.05, 4.69) is 31.9 Å². The predicted molar refractivity (Wildman–Crippen MR) is 53.4 cm³/mol. The van der Waals surface area contributed by atoms with Crippen molar-refractivity contribution < 1.29 is 9.59 Å². The molecule has 0 aliphatic heterocycles. The molecule has 1 aliphatic carbocycles. The Kier molecular flexibility index (Phi) is 3.40. The number of carbonyl (C=O) groups is 2. The third kappa shape index (κ3) is 2.14. The second-order valence-corrected chi connectivity index (χ2v) is 5.39. The van der Waals surface area contributed by atoms with Crippen molar-refractivity contribution in [3.8, 4) is 0 Å². The first-order valence-electron chi connectivity index (χ1n) is 3.33. The summed E-state index contributed by atoms with van der Waals surface area (Å²) in [5, 5.41) is 0. The smallest absolute Gasteiger partial charge is 0.171 e. The number of hydrogen-bond donors (Lipinski definition) is 0. The van der Waals surface area contributed by atoms with Crippen LogP contribution in [0.25, 0.3) is 0 Å². The fraction of sp³-hybridized carbons (Fsp3) is 0.250. The Balaban J connectivity index is 2.76. The van der Waals surface area contributed by atoms with Crippen molar-refractivity contribution in [1.82, 2.24) is 0 Å². The summed E-state index contributed by atoms with van der Waals surface area (Å²) >= 11 is 6.12. The van der Waals surface area contributed by atoms with Gasteiger partial charge in [0.05, 0.1) is 0 Å². The van der Waals surface area contributed by atoms with E-state index >= 15 is 0 Å². The van der Waals surface area contributed by atoms with Gasteiger partial charge in [-0.15, -0.1) is 0 Å². The minimum Gasteiger partial charge on any atom is -0.296 e. The van der Waals surface area contributed by atoms with Crippen LogP contribution in [0.2, 0.25) is 0 Å². The molecule has 0 radical (unpaired) electrons. The largest absolute Gasteiger partial charge is 0.296 e. The van der Waals surface area contributed by atoms with E-state index in [0.29, 0.717) is 0 Å². The normalized spacial score (nSPS) is 21.9. The zero-order valence-electron chi connectivity index (χ0n) is 6.04. The molecule has 0 aromatic carbocycles. The maximum absolute atomic E-state index is 11.3. The van der Waals surface area contributed by atoms with E-state index in [0.717, 1.165) is 0 Å². The Morgan fingerprint density at radius 1 is 1.42 bits per heavy atom. The van der Waals surface area contributed by atoms with E-state index in [4.69, 9.17) is 0 Å². The fourth-order valence-corrected chi connectivity index (χ4v) is 1.46. The molecule has 12 heavy (non-hydrogen) atoms. The van der Waals surface area contributed by atoms with Crippen LogP contribution in [0.4, 0.5) is 0 Å². The van der Waals surface area contributed by atoms with Crippen LogP contribution in [0, 0.1) is 5.92 Å². The van der Waals surface area contributed by atoms with Crippen LogP contribution in [0.1, 0.15) is 0 Å². The minimum absolute atomic E-state index is 0.161.